The molecule has 0 amide bonds. The minimum Gasteiger partial charge on any atom is -0.267 e. The smallest absolute Gasteiger partial charge is 0.267 e. The topological polar surface area (TPSA) is 60.7 Å². The summed E-state index contributed by atoms with van der Waals surface area (Å²) in [5.74, 6) is -0.0278. The molecule has 20 heavy (non-hydrogen) atoms. The van der Waals surface area contributed by atoms with Crippen molar-refractivity contribution in [2.45, 2.75) is 38.0 Å². The Kier molecular flexibility index (Phi) is 3.54. The number of rotatable bonds is 2. The van der Waals surface area contributed by atoms with Crippen LogP contribution in [0.15, 0.2) is 29.5 Å². The second kappa shape index (κ2) is 5.48. The molecule has 0 aromatic carbocycles. The van der Waals surface area contributed by atoms with Gasteiger partial charge in [0, 0.05) is 6.07 Å². The monoisotopic (exact) mass is 274 g/mol. The van der Waals surface area contributed by atoms with Gasteiger partial charge in [-0.2, -0.15) is 9.78 Å². The SMILES string of the molecule is O=c1cc(C2CCCCC2)cnn1-c1ncc(F)cn1. The number of hydrogen-bond acceptors (Lipinski definition) is 4. The van der Waals surface area contributed by atoms with E-state index < -0.39 is 5.82 Å². The van der Waals surface area contributed by atoms with E-state index in [1.807, 2.05) is 0 Å². The van der Waals surface area contributed by atoms with Crippen molar-refractivity contribution in [2.75, 3.05) is 0 Å². The van der Waals surface area contributed by atoms with Crippen LogP contribution in [0.4, 0.5) is 4.39 Å². The standard InChI is InChI=1S/C14H15FN4O/c15-12-8-16-14(17-9-12)19-13(20)6-11(7-18-19)10-4-2-1-3-5-10/h6-10H,1-5H2. The van der Waals surface area contributed by atoms with Crippen molar-refractivity contribution in [3.8, 4) is 5.95 Å². The van der Waals surface area contributed by atoms with E-state index in [9.17, 15) is 9.18 Å². The molecule has 0 saturated heterocycles. The molecule has 2 aromatic rings. The van der Waals surface area contributed by atoms with Crippen LogP contribution in [-0.2, 0) is 0 Å². The first kappa shape index (κ1) is 12.9. The van der Waals surface area contributed by atoms with E-state index in [0.717, 1.165) is 35.5 Å². The lowest BCUT2D eigenvalue weighted by Crippen LogP contribution is -2.23. The molecule has 5 nitrogen and oxygen atoms in total. The molecule has 0 spiro atoms. The molecule has 1 aliphatic carbocycles. The summed E-state index contributed by atoms with van der Waals surface area (Å²) in [5, 5.41) is 4.11. The second-order valence-corrected chi connectivity index (χ2v) is 5.08. The Labute approximate surface area is 115 Å². The fourth-order valence-electron chi connectivity index (χ4n) is 2.65. The first-order valence-electron chi connectivity index (χ1n) is 6.81. The zero-order chi connectivity index (χ0) is 13.9. The number of nitrogens with zero attached hydrogens (tertiary/aromatic N) is 4. The highest BCUT2D eigenvalue weighted by atomic mass is 19.1. The van der Waals surface area contributed by atoms with Gasteiger partial charge in [-0.25, -0.2) is 14.4 Å². The Hall–Kier alpha value is -2.11. The molecule has 1 fully saturated rings. The predicted molar refractivity (Wildman–Crippen MR) is 71.2 cm³/mol. The minimum absolute atomic E-state index is 0.0894. The molecule has 0 aliphatic heterocycles. The van der Waals surface area contributed by atoms with Crippen molar-refractivity contribution in [3.63, 3.8) is 0 Å². The van der Waals surface area contributed by atoms with E-state index in [-0.39, 0.29) is 11.5 Å². The maximum Gasteiger partial charge on any atom is 0.274 e. The van der Waals surface area contributed by atoms with Gasteiger partial charge in [-0.15, -0.1) is 0 Å². The zero-order valence-electron chi connectivity index (χ0n) is 11.0. The lowest BCUT2D eigenvalue weighted by molar-refractivity contribution is 0.441. The van der Waals surface area contributed by atoms with Gasteiger partial charge in [0.25, 0.3) is 11.5 Å². The van der Waals surface area contributed by atoms with Gasteiger partial charge in [0.05, 0.1) is 18.6 Å². The molecular formula is C14H15FN4O. The van der Waals surface area contributed by atoms with Gasteiger partial charge in [-0.1, -0.05) is 19.3 Å². The van der Waals surface area contributed by atoms with E-state index in [0.29, 0.717) is 5.92 Å². The van der Waals surface area contributed by atoms with Gasteiger partial charge in [0.15, 0.2) is 5.82 Å². The van der Waals surface area contributed by atoms with E-state index in [1.54, 1.807) is 12.3 Å². The first-order chi connectivity index (χ1) is 9.74. The Balaban J connectivity index is 1.91. The van der Waals surface area contributed by atoms with Crippen LogP contribution >= 0.6 is 0 Å². The highest BCUT2D eigenvalue weighted by Gasteiger charge is 2.17. The van der Waals surface area contributed by atoms with Gasteiger partial charge in [0.1, 0.15) is 0 Å². The summed E-state index contributed by atoms with van der Waals surface area (Å²) in [4.78, 5) is 19.6. The Morgan fingerprint density at radius 3 is 2.45 bits per heavy atom. The quantitative estimate of drug-likeness (QED) is 0.842. The fourth-order valence-corrected chi connectivity index (χ4v) is 2.65. The predicted octanol–water partition coefficient (Wildman–Crippen LogP) is 2.21. The Bertz CT molecular complexity index is 647. The lowest BCUT2D eigenvalue weighted by atomic mass is 9.85. The summed E-state index contributed by atoms with van der Waals surface area (Å²) in [6, 6.07) is 1.59. The van der Waals surface area contributed by atoms with Crippen molar-refractivity contribution < 1.29 is 4.39 Å². The Morgan fingerprint density at radius 2 is 1.80 bits per heavy atom. The third kappa shape index (κ3) is 2.59. The molecule has 0 unspecified atom stereocenters. The minimum atomic E-state index is -0.541. The summed E-state index contributed by atoms with van der Waals surface area (Å²) in [7, 11) is 0. The molecule has 0 bridgehead atoms. The average Bonchev–Trinajstić information content (AvgIpc) is 2.49. The normalized spacial score (nSPS) is 16.2. The van der Waals surface area contributed by atoms with Gasteiger partial charge in [-0.3, -0.25) is 4.79 Å². The molecule has 2 aromatic heterocycles. The van der Waals surface area contributed by atoms with Crippen LogP contribution < -0.4 is 5.56 Å². The molecular weight excluding hydrogens is 259 g/mol. The fraction of sp³-hybridized carbons (Fsp3) is 0.429. The Morgan fingerprint density at radius 1 is 1.10 bits per heavy atom. The van der Waals surface area contributed by atoms with E-state index >= 15 is 0 Å². The van der Waals surface area contributed by atoms with Crippen LogP contribution in [0.1, 0.15) is 43.6 Å². The summed E-state index contributed by atoms with van der Waals surface area (Å²) < 4.78 is 13.9. The van der Waals surface area contributed by atoms with Gasteiger partial charge >= 0.3 is 0 Å². The highest BCUT2D eigenvalue weighted by molar-refractivity contribution is 5.17. The molecule has 3 rings (SSSR count). The van der Waals surface area contributed by atoms with Crippen LogP contribution in [0.2, 0.25) is 0 Å². The van der Waals surface area contributed by atoms with Crippen molar-refractivity contribution in [2.24, 2.45) is 0 Å². The van der Waals surface area contributed by atoms with Gasteiger partial charge < -0.3 is 0 Å². The average molecular weight is 274 g/mol. The maximum atomic E-state index is 12.8. The molecule has 0 radical (unpaired) electrons. The second-order valence-electron chi connectivity index (χ2n) is 5.08. The van der Waals surface area contributed by atoms with Crippen molar-refractivity contribution >= 4 is 0 Å². The molecule has 6 heteroatoms. The number of aromatic nitrogens is 4. The molecule has 1 saturated carbocycles. The molecule has 2 heterocycles. The summed E-state index contributed by atoms with van der Waals surface area (Å²) >= 11 is 0. The maximum absolute atomic E-state index is 12.8. The number of hydrogen-bond donors (Lipinski definition) is 0. The van der Waals surface area contributed by atoms with Gasteiger partial charge in [-0.05, 0) is 24.3 Å². The lowest BCUT2D eigenvalue weighted by Gasteiger charge is -2.21. The molecule has 1 aliphatic rings. The van der Waals surface area contributed by atoms with Crippen LogP contribution in [0.5, 0.6) is 0 Å². The third-order valence-electron chi connectivity index (χ3n) is 3.69. The molecule has 104 valence electrons. The summed E-state index contributed by atoms with van der Waals surface area (Å²) in [6.07, 6.45) is 9.63. The van der Waals surface area contributed by atoms with Crippen molar-refractivity contribution in [1.29, 1.82) is 0 Å². The van der Waals surface area contributed by atoms with Crippen LogP contribution in [0.25, 0.3) is 5.95 Å². The van der Waals surface area contributed by atoms with Crippen LogP contribution in [-0.4, -0.2) is 19.7 Å². The van der Waals surface area contributed by atoms with E-state index in [4.69, 9.17) is 0 Å². The van der Waals surface area contributed by atoms with Crippen molar-refractivity contribution in [1.82, 2.24) is 19.7 Å². The summed E-state index contributed by atoms with van der Waals surface area (Å²) in [5.41, 5.74) is 0.702. The van der Waals surface area contributed by atoms with E-state index in [1.165, 1.54) is 19.3 Å². The molecule has 0 atom stereocenters. The zero-order valence-corrected chi connectivity index (χ0v) is 11.0. The van der Waals surface area contributed by atoms with E-state index in [2.05, 4.69) is 15.1 Å². The molecule has 0 N–H and O–H groups in total. The first-order valence-corrected chi connectivity index (χ1v) is 6.81. The van der Waals surface area contributed by atoms with Crippen LogP contribution in [0, 0.1) is 5.82 Å². The third-order valence-corrected chi connectivity index (χ3v) is 3.69. The van der Waals surface area contributed by atoms with Gasteiger partial charge in [0.2, 0.25) is 0 Å². The largest absolute Gasteiger partial charge is 0.274 e. The number of halogens is 1. The van der Waals surface area contributed by atoms with Crippen molar-refractivity contribution in [3.05, 3.63) is 46.4 Å². The van der Waals surface area contributed by atoms with Crippen LogP contribution in [0.3, 0.4) is 0 Å². The summed E-state index contributed by atoms with van der Waals surface area (Å²) in [6.45, 7) is 0. The highest BCUT2D eigenvalue weighted by Crippen LogP contribution is 2.31.